The topological polar surface area (TPSA) is 92.8 Å². The van der Waals surface area contributed by atoms with Crippen LogP contribution in [0.2, 0.25) is 0 Å². The third-order valence-corrected chi connectivity index (χ3v) is 2.64. The van der Waals surface area contributed by atoms with Gasteiger partial charge in [-0.2, -0.15) is 15.1 Å². The van der Waals surface area contributed by atoms with Gasteiger partial charge in [0, 0.05) is 6.07 Å². The minimum atomic E-state index is 0.418. The molecule has 0 N–H and O–H groups in total. The Morgan fingerprint density at radius 1 is 0.818 bits per heavy atom. The smallest absolute Gasteiger partial charge is 0.240 e. The maximum absolute atomic E-state index is 10.2. The van der Waals surface area contributed by atoms with E-state index in [9.17, 15) is 9.59 Å². The van der Waals surface area contributed by atoms with Gasteiger partial charge < -0.3 is 4.74 Å². The lowest BCUT2D eigenvalue weighted by atomic mass is 10.2. The summed E-state index contributed by atoms with van der Waals surface area (Å²) in [7, 11) is 1.48. The van der Waals surface area contributed by atoms with Gasteiger partial charge in [-0.05, 0) is 36.4 Å². The van der Waals surface area contributed by atoms with Crippen molar-refractivity contribution in [3.05, 3.63) is 42.5 Å². The molecule has 0 spiro atoms. The monoisotopic (exact) mass is 294 g/mol. The Labute approximate surface area is 125 Å². The van der Waals surface area contributed by atoms with E-state index < -0.39 is 0 Å². The zero-order chi connectivity index (χ0) is 15.8. The van der Waals surface area contributed by atoms with Crippen molar-refractivity contribution in [2.24, 2.45) is 20.2 Å². The molecule has 2 aromatic rings. The van der Waals surface area contributed by atoms with Gasteiger partial charge in [-0.15, -0.1) is 5.11 Å². The molecule has 0 aliphatic rings. The van der Waals surface area contributed by atoms with Crippen molar-refractivity contribution in [2.45, 2.75) is 0 Å². The molecule has 7 heteroatoms. The Hall–Kier alpha value is -3.40. The van der Waals surface area contributed by atoms with E-state index in [0.717, 1.165) is 0 Å². The lowest BCUT2D eigenvalue weighted by Gasteiger charge is -2.03. The predicted molar refractivity (Wildman–Crippen MR) is 79.2 cm³/mol. The van der Waals surface area contributed by atoms with E-state index >= 15 is 0 Å². The summed E-state index contributed by atoms with van der Waals surface area (Å²) in [5, 5.41) is 8.13. The predicted octanol–water partition coefficient (Wildman–Crippen LogP) is 4.05. The summed E-state index contributed by atoms with van der Waals surface area (Å²) >= 11 is 0. The van der Waals surface area contributed by atoms with Gasteiger partial charge in [0.05, 0.1) is 24.2 Å². The molecule has 0 saturated heterocycles. The van der Waals surface area contributed by atoms with Gasteiger partial charge in [0.2, 0.25) is 12.2 Å². The second kappa shape index (κ2) is 7.40. The molecule has 0 heterocycles. The molecule has 108 valence electrons. The van der Waals surface area contributed by atoms with Gasteiger partial charge in [0.1, 0.15) is 11.4 Å². The van der Waals surface area contributed by atoms with Crippen LogP contribution < -0.4 is 4.74 Å². The minimum absolute atomic E-state index is 0.418. The molecule has 0 bridgehead atoms. The van der Waals surface area contributed by atoms with Crippen molar-refractivity contribution in [1.82, 2.24) is 0 Å². The quantitative estimate of drug-likeness (QED) is 0.473. The van der Waals surface area contributed by atoms with Crippen LogP contribution in [0.1, 0.15) is 0 Å². The summed E-state index contributed by atoms with van der Waals surface area (Å²) in [6.07, 6.45) is 2.92. The van der Waals surface area contributed by atoms with Crippen molar-refractivity contribution in [1.29, 1.82) is 0 Å². The van der Waals surface area contributed by atoms with Crippen molar-refractivity contribution in [3.8, 4) is 5.75 Å². The van der Waals surface area contributed by atoms with E-state index in [-0.39, 0.29) is 0 Å². The first kappa shape index (κ1) is 15.0. The van der Waals surface area contributed by atoms with Crippen LogP contribution in [0.15, 0.2) is 62.7 Å². The summed E-state index contributed by atoms with van der Waals surface area (Å²) in [4.78, 5) is 27.4. The standard InChI is InChI=1S/C15H10N4O3/c1-22-15-8-13(17-10-21)6-7-14(15)19-18-12-4-2-11(3-5-12)16-9-20/h2-8H,1H3. The van der Waals surface area contributed by atoms with Crippen LogP contribution in [0, 0.1) is 0 Å². The van der Waals surface area contributed by atoms with Gasteiger partial charge in [0.25, 0.3) is 0 Å². The lowest BCUT2D eigenvalue weighted by Crippen LogP contribution is -1.82. The number of benzene rings is 2. The number of ether oxygens (including phenoxy) is 1. The third kappa shape index (κ3) is 3.80. The lowest BCUT2D eigenvalue weighted by molar-refractivity contribution is 0.416. The number of hydrogen-bond donors (Lipinski definition) is 0. The molecule has 0 unspecified atom stereocenters. The number of methoxy groups -OCH3 is 1. The van der Waals surface area contributed by atoms with Crippen molar-refractivity contribution in [2.75, 3.05) is 7.11 Å². The van der Waals surface area contributed by atoms with E-state index in [1.165, 1.54) is 19.3 Å². The highest BCUT2D eigenvalue weighted by Gasteiger charge is 2.03. The Morgan fingerprint density at radius 3 is 2.05 bits per heavy atom. The first-order valence-corrected chi connectivity index (χ1v) is 6.12. The first-order valence-electron chi connectivity index (χ1n) is 6.12. The van der Waals surface area contributed by atoms with Crippen molar-refractivity contribution in [3.63, 3.8) is 0 Å². The molecule has 0 radical (unpaired) electrons. The molecule has 0 aliphatic carbocycles. The van der Waals surface area contributed by atoms with Crippen LogP contribution in [-0.4, -0.2) is 19.3 Å². The first-order chi connectivity index (χ1) is 10.8. The highest BCUT2D eigenvalue weighted by Crippen LogP contribution is 2.32. The molecule has 0 saturated carbocycles. The number of isocyanates is 2. The molecule has 0 fully saturated rings. The molecule has 0 amide bonds. The molecular formula is C15H10N4O3. The van der Waals surface area contributed by atoms with Crippen LogP contribution in [0.3, 0.4) is 0 Å². The van der Waals surface area contributed by atoms with E-state index in [1.807, 2.05) is 0 Å². The molecule has 0 atom stereocenters. The van der Waals surface area contributed by atoms with Crippen LogP contribution in [-0.2, 0) is 9.59 Å². The third-order valence-electron chi connectivity index (χ3n) is 2.64. The van der Waals surface area contributed by atoms with Crippen molar-refractivity contribution >= 4 is 34.9 Å². The highest BCUT2D eigenvalue weighted by molar-refractivity contribution is 5.61. The highest BCUT2D eigenvalue weighted by atomic mass is 16.5. The Bertz CT molecular complexity index is 787. The summed E-state index contributed by atoms with van der Waals surface area (Å²) in [5.41, 5.74) is 1.98. The fourth-order valence-electron chi connectivity index (χ4n) is 1.63. The van der Waals surface area contributed by atoms with Crippen LogP contribution in [0.25, 0.3) is 0 Å². The van der Waals surface area contributed by atoms with E-state index in [0.29, 0.717) is 28.5 Å². The van der Waals surface area contributed by atoms with Crippen LogP contribution >= 0.6 is 0 Å². The average molecular weight is 294 g/mol. The molecule has 0 aliphatic heterocycles. The molecule has 0 aromatic heterocycles. The van der Waals surface area contributed by atoms with Gasteiger partial charge in [-0.25, -0.2) is 9.59 Å². The largest absolute Gasteiger partial charge is 0.494 e. The van der Waals surface area contributed by atoms with Gasteiger partial charge in [-0.1, -0.05) is 0 Å². The number of rotatable bonds is 5. The molecular weight excluding hydrogens is 284 g/mol. The number of hydrogen-bond acceptors (Lipinski definition) is 7. The number of aliphatic imine (C=N–C) groups is 2. The summed E-state index contributed by atoms with van der Waals surface area (Å²) in [6, 6.07) is 11.4. The van der Waals surface area contributed by atoms with Gasteiger partial charge >= 0.3 is 0 Å². The molecule has 2 rings (SSSR count). The number of azo groups is 1. The Kier molecular flexibility index (Phi) is 5.04. The fraction of sp³-hybridized carbons (Fsp3) is 0.0667. The normalized spacial score (nSPS) is 9.86. The maximum atomic E-state index is 10.2. The summed E-state index contributed by atoms with van der Waals surface area (Å²) in [6.45, 7) is 0. The number of carbonyl (C=O) groups excluding carboxylic acids is 2. The Balaban J connectivity index is 2.25. The van der Waals surface area contributed by atoms with Crippen molar-refractivity contribution < 1.29 is 14.3 Å². The zero-order valence-corrected chi connectivity index (χ0v) is 11.6. The maximum Gasteiger partial charge on any atom is 0.240 e. The second-order valence-corrected chi connectivity index (χ2v) is 3.98. The minimum Gasteiger partial charge on any atom is -0.494 e. The Morgan fingerprint density at radius 2 is 1.41 bits per heavy atom. The summed E-state index contributed by atoms with van der Waals surface area (Å²) in [5.74, 6) is 0.433. The average Bonchev–Trinajstić information content (AvgIpc) is 2.55. The van der Waals surface area contributed by atoms with E-state index in [1.54, 1.807) is 42.5 Å². The van der Waals surface area contributed by atoms with Crippen LogP contribution in [0.4, 0.5) is 22.7 Å². The van der Waals surface area contributed by atoms with E-state index in [2.05, 4.69) is 20.2 Å². The fourth-order valence-corrected chi connectivity index (χ4v) is 1.63. The van der Waals surface area contributed by atoms with Gasteiger partial charge in [-0.3, -0.25) is 0 Å². The summed E-state index contributed by atoms with van der Waals surface area (Å²) < 4.78 is 5.17. The van der Waals surface area contributed by atoms with Crippen LogP contribution in [0.5, 0.6) is 5.75 Å². The van der Waals surface area contributed by atoms with E-state index in [4.69, 9.17) is 4.74 Å². The number of nitrogens with zero attached hydrogens (tertiary/aromatic N) is 4. The SMILES string of the molecule is COc1cc(N=C=O)ccc1N=Nc1ccc(N=C=O)cc1. The molecule has 7 nitrogen and oxygen atoms in total. The molecule has 2 aromatic carbocycles. The zero-order valence-electron chi connectivity index (χ0n) is 11.6. The second-order valence-electron chi connectivity index (χ2n) is 3.98. The van der Waals surface area contributed by atoms with Gasteiger partial charge in [0.15, 0.2) is 0 Å². The molecule has 22 heavy (non-hydrogen) atoms.